The van der Waals surface area contributed by atoms with E-state index in [4.69, 9.17) is 14.2 Å². The average Bonchev–Trinajstić information content (AvgIpc) is 2.64. The lowest BCUT2D eigenvalue weighted by Gasteiger charge is -2.08. The topological polar surface area (TPSA) is 73.9 Å². The molecule has 132 valence electrons. The van der Waals surface area contributed by atoms with Crippen LogP contribution in [-0.2, 0) is 16.1 Å². The van der Waals surface area contributed by atoms with Crippen molar-refractivity contribution in [3.8, 4) is 11.5 Å². The molecule has 0 bridgehead atoms. The van der Waals surface area contributed by atoms with E-state index in [-0.39, 0.29) is 18.9 Å². The van der Waals surface area contributed by atoms with Gasteiger partial charge in [-0.05, 0) is 35.9 Å². The zero-order valence-electron chi connectivity index (χ0n) is 13.9. The molecule has 0 heterocycles. The predicted molar refractivity (Wildman–Crippen MR) is 88.1 cm³/mol. The summed E-state index contributed by atoms with van der Waals surface area (Å²) < 4.78 is 28.4. The number of ether oxygens (including phenoxy) is 3. The van der Waals surface area contributed by atoms with Crippen molar-refractivity contribution in [3.63, 3.8) is 0 Å². The summed E-state index contributed by atoms with van der Waals surface area (Å²) in [4.78, 5) is 23.7. The first-order chi connectivity index (χ1) is 12.0. The highest BCUT2D eigenvalue weighted by Gasteiger charge is 2.10. The minimum absolute atomic E-state index is 0.102. The van der Waals surface area contributed by atoms with E-state index >= 15 is 0 Å². The summed E-state index contributed by atoms with van der Waals surface area (Å²) in [6.07, 6.45) is 0. The number of halogens is 1. The van der Waals surface area contributed by atoms with Gasteiger partial charge >= 0.3 is 5.97 Å². The van der Waals surface area contributed by atoms with Crippen molar-refractivity contribution in [1.82, 2.24) is 5.32 Å². The Morgan fingerprint density at radius 1 is 1.08 bits per heavy atom. The summed E-state index contributed by atoms with van der Waals surface area (Å²) in [5, 5.41) is 2.45. The summed E-state index contributed by atoms with van der Waals surface area (Å²) in [5.74, 6) is -0.946. The van der Waals surface area contributed by atoms with Crippen molar-refractivity contribution in [2.24, 2.45) is 0 Å². The van der Waals surface area contributed by atoms with Crippen molar-refractivity contribution in [2.75, 3.05) is 20.8 Å². The van der Waals surface area contributed by atoms with Gasteiger partial charge in [0.1, 0.15) is 18.9 Å². The van der Waals surface area contributed by atoms with E-state index in [0.29, 0.717) is 16.9 Å². The number of hydrogen-bond acceptors (Lipinski definition) is 5. The van der Waals surface area contributed by atoms with Crippen LogP contribution in [0.2, 0.25) is 0 Å². The molecule has 0 radical (unpaired) electrons. The average molecular weight is 347 g/mol. The van der Waals surface area contributed by atoms with Crippen LogP contribution in [0.5, 0.6) is 11.5 Å². The Labute approximate surface area is 144 Å². The molecule has 6 nitrogen and oxygen atoms in total. The summed E-state index contributed by atoms with van der Waals surface area (Å²) in [6.45, 7) is -0.399. The Balaban J connectivity index is 1.82. The normalized spacial score (nSPS) is 10.0. The highest BCUT2D eigenvalue weighted by Crippen LogP contribution is 2.18. The zero-order valence-corrected chi connectivity index (χ0v) is 13.9. The molecule has 0 aromatic heterocycles. The van der Waals surface area contributed by atoms with Crippen LogP contribution in [0.1, 0.15) is 15.9 Å². The highest BCUT2D eigenvalue weighted by atomic mass is 19.1. The van der Waals surface area contributed by atoms with Crippen LogP contribution in [0.4, 0.5) is 4.39 Å². The Morgan fingerprint density at radius 2 is 1.88 bits per heavy atom. The third kappa shape index (κ3) is 5.20. The Hall–Kier alpha value is -3.09. The van der Waals surface area contributed by atoms with Crippen molar-refractivity contribution in [2.45, 2.75) is 6.61 Å². The molecule has 0 atom stereocenters. The number of rotatable bonds is 7. The molecular formula is C18H18FNO5. The minimum Gasteiger partial charge on any atom is -0.497 e. The maximum Gasteiger partial charge on any atom is 0.325 e. The molecule has 0 aliphatic rings. The fourth-order valence-corrected chi connectivity index (χ4v) is 2.03. The van der Waals surface area contributed by atoms with Crippen LogP contribution < -0.4 is 14.8 Å². The molecule has 2 rings (SSSR count). The first-order valence-electron chi connectivity index (χ1n) is 7.43. The number of carbonyl (C=O) groups excluding carboxylic acids is 2. The van der Waals surface area contributed by atoms with E-state index < -0.39 is 17.7 Å². The summed E-state index contributed by atoms with van der Waals surface area (Å²) in [7, 11) is 2.86. The molecule has 0 saturated heterocycles. The van der Waals surface area contributed by atoms with Gasteiger partial charge in [0.2, 0.25) is 0 Å². The van der Waals surface area contributed by atoms with Gasteiger partial charge in [0, 0.05) is 5.56 Å². The standard InChI is InChI=1S/C18H18FNO5/c1-23-14-5-3-4-13(9-14)18(22)20-10-17(21)25-11-12-6-7-16(24-2)15(19)8-12/h3-9H,10-11H2,1-2H3,(H,20,22). The van der Waals surface area contributed by atoms with Crippen LogP contribution in [0.25, 0.3) is 0 Å². The van der Waals surface area contributed by atoms with Crippen molar-refractivity contribution >= 4 is 11.9 Å². The van der Waals surface area contributed by atoms with E-state index in [1.807, 2.05) is 0 Å². The lowest BCUT2D eigenvalue weighted by Crippen LogP contribution is -2.30. The smallest absolute Gasteiger partial charge is 0.325 e. The van der Waals surface area contributed by atoms with Gasteiger partial charge < -0.3 is 19.5 Å². The molecule has 2 aromatic rings. The first kappa shape index (κ1) is 18.3. The molecule has 1 amide bonds. The van der Waals surface area contributed by atoms with Gasteiger partial charge in [-0.2, -0.15) is 0 Å². The molecule has 0 spiro atoms. The number of methoxy groups -OCH3 is 2. The van der Waals surface area contributed by atoms with Crippen LogP contribution in [0.3, 0.4) is 0 Å². The van der Waals surface area contributed by atoms with E-state index in [9.17, 15) is 14.0 Å². The molecule has 0 aliphatic carbocycles. The second-order valence-electron chi connectivity index (χ2n) is 5.04. The van der Waals surface area contributed by atoms with E-state index in [2.05, 4.69) is 5.32 Å². The fourth-order valence-electron chi connectivity index (χ4n) is 2.03. The third-order valence-electron chi connectivity index (χ3n) is 3.34. The quantitative estimate of drug-likeness (QED) is 0.778. The van der Waals surface area contributed by atoms with Crippen molar-refractivity contribution < 1.29 is 28.2 Å². The van der Waals surface area contributed by atoms with Crippen LogP contribution >= 0.6 is 0 Å². The monoisotopic (exact) mass is 347 g/mol. The number of esters is 1. The highest BCUT2D eigenvalue weighted by molar-refractivity contribution is 5.96. The summed E-state index contributed by atoms with van der Waals surface area (Å²) >= 11 is 0. The Bertz CT molecular complexity index is 763. The summed E-state index contributed by atoms with van der Waals surface area (Å²) in [5.41, 5.74) is 0.843. The third-order valence-corrected chi connectivity index (χ3v) is 3.34. The van der Waals surface area contributed by atoms with E-state index in [0.717, 1.165) is 0 Å². The van der Waals surface area contributed by atoms with Gasteiger partial charge in [-0.15, -0.1) is 0 Å². The predicted octanol–water partition coefficient (Wildman–Crippen LogP) is 2.32. The van der Waals surface area contributed by atoms with Crippen LogP contribution in [-0.4, -0.2) is 32.6 Å². The largest absolute Gasteiger partial charge is 0.497 e. The molecule has 2 aromatic carbocycles. The SMILES string of the molecule is COc1cccc(C(=O)NCC(=O)OCc2ccc(OC)c(F)c2)c1. The molecule has 7 heteroatoms. The maximum absolute atomic E-state index is 13.5. The molecule has 1 N–H and O–H groups in total. The molecular weight excluding hydrogens is 329 g/mol. The number of nitrogens with one attached hydrogen (secondary N) is 1. The lowest BCUT2D eigenvalue weighted by atomic mass is 10.2. The number of hydrogen-bond donors (Lipinski definition) is 1. The van der Waals surface area contributed by atoms with Gasteiger partial charge in [-0.25, -0.2) is 4.39 Å². The summed E-state index contributed by atoms with van der Waals surface area (Å²) in [6, 6.07) is 10.8. The number of benzene rings is 2. The van der Waals surface area contributed by atoms with Gasteiger partial charge in [0.05, 0.1) is 14.2 Å². The second-order valence-corrected chi connectivity index (χ2v) is 5.04. The first-order valence-corrected chi connectivity index (χ1v) is 7.43. The van der Waals surface area contributed by atoms with E-state index in [1.54, 1.807) is 30.3 Å². The maximum atomic E-state index is 13.5. The zero-order chi connectivity index (χ0) is 18.2. The fraction of sp³-hybridized carbons (Fsp3) is 0.222. The number of carbonyl (C=O) groups is 2. The van der Waals surface area contributed by atoms with Gasteiger partial charge in [-0.1, -0.05) is 12.1 Å². The van der Waals surface area contributed by atoms with Crippen molar-refractivity contribution in [3.05, 3.63) is 59.4 Å². The Morgan fingerprint density at radius 3 is 2.56 bits per heavy atom. The minimum atomic E-state index is -0.632. The molecule has 0 fully saturated rings. The van der Waals surface area contributed by atoms with Gasteiger partial charge in [0.15, 0.2) is 11.6 Å². The lowest BCUT2D eigenvalue weighted by molar-refractivity contribution is -0.143. The van der Waals surface area contributed by atoms with Crippen molar-refractivity contribution in [1.29, 1.82) is 0 Å². The molecule has 0 saturated carbocycles. The van der Waals surface area contributed by atoms with Gasteiger partial charge in [0.25, 0.3) is 5.91 Å². The Kier molecular flexibility index (Phi) is 6.33. The van der Waals surface area contributed by atoms with Crippen LogP contribution in [0.15, 0.2) is 42.5 Å². The molecule has 0 aliphatic heterocycles. The molecule has 25 heavy (non-hydrogen) atoms. The second kappa shape index (κ2) is 8.68. The number of amides is 1. The van der Waals surface area contributed by atoms with Crippen LogP contribution in [0, 0.1) is 5.82 Å². The molecule has 0 unspecified atom stereocenters. The van der Waals surface area contributed by atoms with E-state index in [1.165, 1.54) is 26.4 Å². The van der Waals surface area contributed by atoms with Gasteiger partial charge in [-0.3, -0.25) is 9.59 Å².